The third-order valence-electron chi connectivity index (χ3n) is 2.68. The van der Waals surface area contributed by atoms with Crippen LogP contribution in [0.1, 0.15) is 11.3 Å². The van der Waals surface area contributed by atoms with Crippen LogP contribution in [-0.2, 0) is 6.54 Å². The first-order valence-electron chi connectivity index (χ1n) is 5.32. The Morgan fingerprint density at radius 2 is 2.35 bits per heavy atom. The Labute approximate surface area is 98.0 Å². The maximum atomic E-state index is 11.0. The zero-order chi connectivity index (χ0) is 11.8. The van der Waals surface area contributed by atoms with Crippen LogP contribution in [-0.4, -0.2) is 15.6 Å². The predicted octanol–water partition coefficient (Wildman–Crippen LogP) is 1.78. The summed E-state index contributed by atoms with van der Waals surface area (Å²) in [6.07, 6.45) is 3.31. The Bertz CT molecular complexity index is 589. The normalized spacial score (nSPS) is 13.8. The lowest BCUT2D eigenvalue weighted by Gasteiger charge is -2.17. The highest BCUT2D eigenvalue weighted by Crippen LogP contribution is 2.24. The van der Waals surface area contributed by atoms with E-state index in [0.717, 1.165) is 16.9 Å². The molecule has 17 heavy (non-hydrogen) atoms. The van der Waals surface area contributed by atoms with Gasteiger partial charge < -0.3 is 14.6 Å². The first-order valence-corrected chi connectivity index (χ1v) is 5.32. The second-order valence-corrected chi connectivity index (χ2v) is 3.96. The second kappa shape index (κ2) is 3.62. The van der Waals surface area contributed by atoms with Crippen molar-refractivity contribution in [1.82, 2.24) is 14.9 Å². The van der Waals surface area contributed by atoms with E-state index in [0.29, 0.717) is 12.3 Å². The molecule has 0 spiro atoms. The van der Waals surface area contributed by atoms with Gasteiger partial charge in [0.2, 0.25) is 0 Å². The minimum absolute atomic E-state index is 0.399. The molecule has 1 aromatic carbocycles. The highest BCUT2D eigenvalue weighted by atomic mass is 16.6. The van der Waals surface area contributed by atoms with Crippen molar-refractivity contribution >= 4 is 6.09 Å². The van der Waals surface area contributed by atoms with Gasteiger partial charge in [0.05, 0.1) is 12.0 Å². The average Bonchev–Trinajstić information content (AvgIpc) is 2.75. The van der Waals surface area contributed by atoms with Gasteiger partial charge in [-0.25, -0.2) is 9.78 Å². The minimum Gasteiger partial charge on any atom is -0.410 e. The molecule has 0 atom stereocenters. The van der Waals surface area contributed by atoms with Crippen LogP contribution in [0.15, 0.2) is 30.7 Å². The smallest absolute Gasteiger partial charge is 0.410 e. The molecule has 0 aliphatic carbocycles. The monoisotopic (exact) mass is 229 g/mol. The highest BCUT2D eigenvalue weighted by molar-refractivity contribution is 5.73. The summed E-state index contributed by atoms with van der Waals surface area (Å²) in [5.74, 6) is 0.620. The summed E-state index contributed by atoms with van der Waals surface area (Å²) < 4.78 is 6.99. The van der Waals surface area contributed by atoms with Crippen molar-refractivity contribution < 1.29 is 9.53 Å². The second-order valence-electron chi connectivity index (χ2n) is 3.96. The van der Waals surface area contributed by atoms with E-state index in [1.807, 2.05) is 29.8 Å². The number of nitrogens with zero attached hydrogens (tertiary/aromatic N) is 2. The summed E-state index contributed by atoms with van der Waals surface area (Å²) in [5.41, 5.74) is 2.94. The van der Waals surface area contributed by atoms with Crippen LogP contribution in [0, 0.1) is 6.92 Å². The largest absolute Gasteiger partial charge is 0.412 e. The molecular weight excluding hydrogens is 218 g/mol. The van der Waals surface area contributed by atoms with Crippen LogP contribution >= 0.6 is 0 Å². The number of imidazole rings is 1. The van der Waals surface area contributed by atoms with Crippen LogP contribution in [0.2, 0.25) is 0 Å². The molecule has 1 amide bonds. The van der Waals surface area contributed by atoms with E-state index >= 15 is 0 Å². The average molecular weight is 229 g/mol. The minimum atomic E-state index is -0.399. The number of benzene rings is 1. The number of hydrogen-bond donors (Lipinski definition) is 1. The number of rotatable bonds is 1. The van der Waals surface area contributed by atoms with Crippen molar-refractivity contribution in [3.63, 3.8) is 0 Å². The predicted molar refractivity (Wildman–Crippen MR) is 61.2 cm³/mol. The molecule has 2 heterocycles. The van der Waals surface area contributed by atoms with Gasteiger partial charge in [0.15, 0.2) is 0 Å². The summed E-state index contributed by atoms with van der Waals surface area (Å²) in [6, 6.07) is 5.69. The molecule has 0 fully saturated rings. The molecule has 0 radical (unpaired) electrons. The fourth-order valence-corrected chi connectivity index (χ4v) is 1.83. The number of nitrogens with one attached hydrogen (secondary N) is 1. The van der Waals surface area contributed by atoms with Gasteiger partial charge in [0.1, 0.15) is 5.75 Å². The number of carbonyl (C=O) groups excluding carboxylic acids is 1. The Morgan fingerprint density at radius 1 is 1.47 bits per heavy atom. The summed E-state index contributed by atoms with van der Waals surface area (Å²) in [7, 11) is 0. The van der Waals surface area contributed by atoms with E-state index in [9.17, 15) is 4.79 Å². The van der Waals surface area contributed by atoms with Crippen molar-refractivity contribution in [3.8, 4) is 11.4 Å². The molecule has 1 aliphatic heterocycles. The molecule has 0 saturated heterocycles. The van der Waals surface area contributed by atoms with Crippen molar-refractivity contribution in [2.45, 2.75) is 13.5 Å². The third kappa shape index (κ3) is 1.75. The number of ether oxygens (including phenoxy) is 1. The molecular formula is C12H11N3O2. The maximum absolute atomic E-state index is 11.0. The van der Waals surface area contributed by atoms with Crippen LogP contribution in [0.4, 0.5) is 4.79 Å². The zero-order valence-electron chi connectivity index (χ0n) is 9.30. The van der Waals surface area contributed by atoms with E-state index in [-0.39, 0.29) is 0 Å². The standard InChI is InChI=1S/C12H11N3O2/c1-8-6-15(7-14-8)10-2-3-11-9(4-10)5-13-12(16)17-11/h2-4,6-7H,5H2,1H3,(H,13,16). The maximum Gasteiger partial charge on any atom is 0.412 e. The molecule has 2 aromatic rings. The van der Waals surface area contributed by atoms with Gasteiger partial charge in [-0.05, 0) is 25.1 Å². The topological polar surface area (TPSA) is 56.2 Å². The Hall–Kier alpha value is -2.30. The number of carbonyl (C=O) groups is 1. The molecule has 1 N–H and O–H groups in total. The molecule has 1 aliphatic rings. The van der Waals surface area contributed by atoms with E-state index in [2.05, 4.69) is 10.3 Å². The lowest BCUT2D eigenvalue weighted by Crippen LogP contribution is -2.31. The molecule has 0 unspecified atom stereocenters. The molecule has 5 nitrogen and oxygen atoms in total. The van der Waals surface area contributed by atoms with Gasteiger partial charge in [0, 0.05) is 24.0 Å². The number of aromatic nitrogens is 2. The fraction of sp³-hybridized carbons (Fsp3) is 0.167. The van der Waals surface area contributed by atoms with Crippen molar-refractivity contribution in [2.75, 3.05) is 0 Å². The lowest BCUT2D eigenvalue weighted by molar-refractivity contribution is 0.194. The van der Waals surface area contributed by atoms with Gasteiger partial charge in [-0.2, -0.15) is 0 Å². The Balaban J connectivity index is 2.01. The van der Waals surface area contributed by atoms with Gasteiger partial charge in [0.25, 0.3) is 0 Å². The van der Waals surface area contributed by atoms with Crippen LogP contribution in [0.25, 0.3) is 5.69 Å². The SMILES string of the molecule is Cc1cn(-c2ccc3c(c2)CNC(=O)O3)cn1. The molecule has 0 bridgehead atoms. The summed E-state index contributed by atoms with van der Waals surface area (Å²) >= 11 is 0. The zero-order valence-corrected chi connectivity index (χ0v) is 9.30. The quantitative estimate of drug-likeness (QED) is 0.811. The van der Waals surface area contributed by atoms with Crippen LogP contribution in [0.3, 0.4) is 0 Å². The molecule has 5 heteroatoms. The van der Waals surface area contributed by atoms with Crippen LogP contribution < -0.4 is 10.1 Å². The number of hydrogen-bond acceptors (Lipinski definition) is 3. The van der Waals surface area contributed by atoms with Crippen LogP contribution in [0.5, 0.6) is 5.75 Å². The fourth-order valence-electron chi connectivity index (χ4n) is 1.83. The number of fused-ring (bicyclic) bond motifs is 1. The molecule has 86 valence electrons. The van der Waals surface area contributed by atoms with E-state index in [4.69, 9.17) is 4.74 Å². The highest BCUT2D eigenvalue weighted by Gasteiger charge is 2.16. The van der Waals surface area contributed by atoms with Gasteiger partial charge in [-0.15, -0.1) is 0 Å². The van der Waals surface area contributed by atoms with E-state index in [1.165, 1.54) is 0 Å². The summed E-state index contributed by atoms with van der Waals surface area (Å²) in [5, 5.41) is 2.64. The first kappa shape index (κ1) is 9.89. The van der Waals surface area contributed by atoms with Gasteiger partial charge in [-0.3, -0.25) is 0 Å². The summed E-state index contributed by atoms with van der Waals surface area (Å²) in [4.78, 5) is 15.2. The lowest BCUT2D eigenvalue weighted by atomic mass is 10.1. The number of aryl methyl sites for hydroxylation is 1. The first-order chi connectivity index (χ1) is 8.22. The van der Waals surface area contributed by atoms with Crippen molar-refractivity contribution in [1.29, 1.82) is 0 Å². The van der Waals surface area contributed by atoms with E-state index in [1.54, 1.807) is 12.4 Å². The van der Waals surface area contributed by atoms with E-state index < -0.39 is 6.09 Å². The number of amides is 1. The molecule has 0 saturated carbocycles. The van der Waals surface area contributed by atoms with Gasteiger partial charge >= 0.3 is 6.09 Å². The summed E-state index contributed by atoms with van der Waals surface area (Å²) in [6.45, 7) is 2.44. The van der Waals surface area contributed by atoms with Crippen molar-refractivity contribution in [2.24, 2.45) is 0 Å². The van der Waals surface area contributed by atoms with Crippen molar-refractivity contribution in [3.05, 3.63) is 42.0 Å². The third-order valence-corrected chi connectivity index (χ3v) is 2.68. The Kier molecular flexibility index (Phi) is 2.11. The molecule has 3 rings (SSSR count). The Morgan fingerprint density at radius 3 is 3.12 bits per heavy atom. The van der Waals surface area contributed by atoms with Gasteiger partial charge in [-0.1, -0.05) is 0 Å². The molecule has 1 aromatic heterocycles.